The fourth-order valence-corrected chi connectivity index (χ4v) is 4.59. The van der Waals surface area contributed by atoms with Gasteiger partial charge in [-0.1, -0.05) is 59.9 Å². The molecule has 1 aromatic heterocycles. The van der Waals surface area contributed by atoms with Gasteiger partial charge in [-0.25, -0.2) is 4.99 Å². The SMILES string of the molecule is CC(SC1=Nc2ccccc2CS1)c1nnc(-c2ccccc2)o1. The lowest BCUT2D eigenvalue weighted by Crippen LogP contribution is -1.99. The highest BCUT2D eigenvalue weighted by Crippen LogP contribution is 2.40. The van der Waals surface area contributed by atoms with Gasteiger partial charge in [-0.15, -0.1) is 10.2 Å². The average Bonchev–Trinajstić information content (AvgIpc) is 3.13. The number of rotatable bonds is 3. The fourth-order valence-electron chi connectivity index (χ4n) is 2.37. The van der Waals surface area contributed by atoms with Crippen molar-refractivity contribution in [2.24, 2.45) is 4.99 Å². The Balaban J connectivity index is 1.50. The van der Waals surface area contributed by atoms with E-state index >= 15 is 0 Å². The highest BCUT2D eigenvalue weighted by molar-refractivity contribution is 8.38. The van der Waals surface area contributed by atoms with Crippen LogP contribution in [0.25, 0.3) is 11.5 Å². The molecule has 0 aliphatic carbocycles. The van der Waals surface area contributed by atoms with Gasteiger partial charge < -0.3 is 4.42 Å². The number of benzene rings is 2. The second-order valence-corrected chi connectivity index (χ2v) is 7.92. The molecule has 1 atom stereocenters. The summed E-state index contributed by atoms with van der Waals surface area (Å²) in [6.45, 7) is 2.07. The predicted molar refractivity (Wildman–Crippen MR) is 101 cm³/mol. The van der Waals surface area contributed by atoms with Gasteiger partial charge >= 0.3 is 0 Å². The van der Waals surface area contributed by atoms with Crippen molar-refractivity contribution in [3.05, 3.63) is 66.1 Å². The summed E-state index contributed by atoms with van der Waals surface area (Å²) in [6.07, 6.45) is 0. The largest absolute Gasteiger partial charge is 0.419 e. The molecular formula is C18H15N3OS2. The van der Waals surface area contributed by atoms with Crippen molar-refractivity contribution in [3.8, 4) is 11.5 Å². The lowest BCUT2D eigenvalue weighted by atomic mass is 10.2. The average molecular weight is 353 g/mol. The molecule has 2 aromatic carbocycles. The van der Waals surface area contributed by atoms with Crippen LogP contribution < -0.4 is 0 Å². The first-order valence-corrected chi connectivity index (χ1v) is 9.51. The van der Waals surface area contributed by atoms with E-state index in [4.69, 9.17) is 9.41 Å². The van der Waals surface area contributed by atoms with Crippen molar-refractivity contribution in [2.75, 3.05) is 0 Å². The molecular weight excluding hydrogens is 338 g/mol. The lowest BCUT2D eigenvalue weighted by Gasteiger charge is -2.15. The highest BCUT2D eigenvalue weighted by Gasteiger charge is 2.20. The Labute approximate surface area is 148 Å². The summed E-state index contributed by atoms with van der Waals surface area (Å²) in [6, 6.07) is 18.1. The van der Waals surface area contributed by atoms with E-state index in [1.54, 1.807) is 23.5 Å². The first-order valence-electron chi connectivity index (χ1n) is 7.64. The standard InChI is InChI=1S/C18H15N3OS2/c1-12(16-20-21-17(22-16)13-7-3-2-4-8-13)24-18-19-15-10-6-5-9-14(15)11-23-18/h2-10,12H,11H2,1H3. The number of hydrogen-bond donors (Lipinski definition) is 0. The first-order chi connectivity index (χ1) is 11.8. The predicted octanol–water partition coefficient (Wildman–Crippen LogP) is 5.47. The van der Waals surface area contributed by atoms with E-state index in [-0.39, 0.29) is 5.25 Å². The van der Waals surface area contributed by atoms with Crippen molar-refractivity contribution >= 4 is 33.6 Å². The van der Waals surface area contributed by atoms with Gasteiger partial charge in [0.1, 0.15) is 4.38 Å². The van der Waals surface area contributed by atoms with Crippen LogP contribution >= 0.6 is 23.5 Å². The van der Waals surface area contributed by atoms with Crippen LogP contribution in [0.5, 0.6) is 0 Å². The Hall–Kier alpha value is -2.05. The molecule has 0 saturated heterocycles. The summed E-state index contributed by atoms with van der Waals surface area (Å²) in [5.74, 6) is 2.14. The normalized spacial score (nSPS) is 14.8. The van der Waals surface area contributed by atoms with Gasteiger partial charge in [-0.05, 0) is 30.7 Å². The van der Waals surface area contributed by atoms with Gasteiger partial charge in [-0.3, -0.25) is 0 Å². The molecule has 2 heterocycles. The number of para-hydroxylation sites is 1. The number of nitrogens with zero attached hydrogens (tertiary/aromatic N) is 3. The summed E-state index contributed by atoms with van der Waals surface area (Å²) in [7, 11) is 0. The van der Waals surface area contributed by atoms with Gasteiger partial charge in [0.2, 0.25) is 11.8 Å². The summed E-state index contributed by atoms with van der Waals surface area (Å²) in [4.78, 5) is 4.73. The van der Waals surface area contributed by atoms with Crippen LogP contribution in [-0.2, 0) is 5.75 Å². The maximum absolute atomic E-state index is 5.84. The van der Waals surface area contributed by atoms with E-state index in [1.807, 2.05) is 36.4 Å². The van der Waals surface area contributed by atoms with E-state index in [9.17, 15) is 0 Å². The second kappa shape index (κ2) is 6.83. The molecule has 0 N–H and O–H groups in total. The fraction of sp³-hybridized carbons (Fsp3) is 0.167. The Bertz CT molecular complexity index is 877. The topological polar surface area (TPSA) is 51.3 Å². The monoisotopic (exact) mass is 353 g/mol. The molecule has 1 unspecified atom stereocenters. The van der Waals surface area contributed by atoms with Gasteiger partial charge in [-0.2, -0.15) is 0 Å². The first kappa shape index (κ1) is 15.5. The second-order valence-electron chi connectivity index (χ2n) is 5.37. The molecule has 4 nitrogen and oxygen atoms in total. The van der Waals surface area contributed by atoms with Crippen LogP contribution in [0.15, 0.2) is 64.0 Å². The zero-order valence-corrected chi connectivity index (χ0v) is 14.7. The van der Waals surface area contributed by atoms with E-state index < -0.39 is 0 Å². The minimum atomic E-state index is 0.0616. The molecule has 6 heteroatoms. The van der Waals surface area contributed by atoms with Crippen molar-refractivity contribution in [1.82, 2.24) is 10.2 Å². The smallest absolute Gasteiger partial charge is 0.247 e. The van der Waals surface area contributed by atoms with Gasteiger partial charge in [0.25, 0.3) is 0 Å². The summed E-state index contributed by atoms with van der Waals surface area (Å²) in [5.41, 5.74) is 3.27. The zero-order chi connectivity index (χ0) is 16.4. The number of fused-ring (bicyclic) bond motifs is 1. The minimum Gasteiger partial charge on any atom is -0.419 e. The van der Waals surface area contributed by atoms with E-state index in [2.05, 4.69) is 35.3 Å². The van der Waals surface area contributed by atoms with Crippen molar-refractivity contribution in [2.45, 2.75) is 17.9 Å². The Kier molecular flexibility index (Phi) is 4.40. The van der Waals surface area contributed by atoms with Gasteiger partial charge in [0, 0.05) is 11.3 Å². The third kappa shape index (κ3) is 3.25. The molecule has 0 spiro atoms. The van der Waals surface area contributed by atoms with Crippen LogP contribution in [0.1, 0.15) is 23.6 Å². The molecule has 0 bridgehead atoms. The van der Waals surface area contributed by atoms with E-state index in [0.717, 1.165) is 21.4 Å². The molecule has 1 aliphatic rings. The maximum Gasteiger partial charge on any atom is 0.247 e. The van der Waals surface area contributed by atoms with E-state index in [1.165, 1.54) is 5.56 Å². The van der Waals surface area contributed by atoms with Crippen LogP contribution in [0.4, 0.5) is 5.69 Å². The number of aliphatic imine (C=N–C) groups is 1. The molecule has 0 fully saturated rings. The zero-order valence-electron chi connectivity index (χ0n) is 13.0. The summed E-state index contributed by atoms with van der Waals surface area (Å²) < 4.78 is 6.88. The number of aromatic nitrogens is 2. The van der Waals surface area contributed by atoms with Crippen LogP contribution in [0, 0.1) is 0 Å². The Morgan fingerprint density at radius 3 is 2.71 bits per heavy atom. The highest BCUT2D eigenvalue weighted by atomic mass is 32.2. The van der Waals surface area contributed by atoms with Crippen LogP contribution in [-0.4, -0.2) is 14.6 Å². The van der Waals surface area contributed by atoms with E-state index in [0.29, 0.717) is 11.8 Å². The number of hydrogen-bond acceptors (Lipinski definition) is 6. The Morgan fingerprint density at radius 1 is 1.04 bits per heavy atom. The third-order valence-corrected chi connectivity index (χ3v) is 5.93. The van der Waals surface area contributed by atoms with Gasteiger partial charge in [0.15, 0.2) is 0 Å². The molecule has 3 aromatic rings. The maximum atomic E-state index is 5.84. The summed E-state index contributed by atoms with van der Waals surface area (Å²) in [5, 5.41) is 8.42. The van der Waals surface area contributed by atoms with Crippen molar-refractivity contribution < 1.29 is 4.42 Å². The van der Waals surface area contributed by atoms with Crippen molar-refractivity contribution in [1.29, 1.82) is 0 Å². The Morgan fingerprint density at radius 2 is 1.83 bits per heavy atom. The van der Waals surface area contributed by atoms with Crippen LogP contribution in [0.3, 0.4) is 0 Å². The summed E-state index contributed by atoms with van der Waals surface area (Å²) >= 11 is 3.42. The molecule has 0 radical (unpaired) electrons. The minimum absolute atomic E-state index is 0.0616. The molecule has 120 valence electrons. The quantitative estimate of drug-likeness (QED) is 0.625. The molecule has 0 saturated carbocycles. The number of thioether (sulfide) groups is 2. The lowest BCUT2D eigenvalue weighted by molar-refractivity contribution is 0.510. The van der Waals surface area contributed by atoms with Crippen LogP contribution in [0.2, 0.25) is 0 Å². The van der Waals surface area contributed by atoms with Gasteiger partial charge in [0.05, 0.1) is 10.9 Å². The molecule has 24 heavy (non-hydrogen) atoms. The van der Waals surface area contributed by atoms with Crippen molar-refractivity contribution in [3.63, 3.8) is 0 Å². The molecule has 0 amide bonds. The molecule has 4 rings (SSSR count). The third-order valence-electron chi connectivity index (χ3n) is 3.64. The molecule has 1 aliphatic heterocycles.